The van der Waals surface area contributed by atoms with Crippen LogP contribution in [0.3, 0.4) is 0 Å². The minimum absolute atomic E-state index is 0.0951. The van der Waals surface area contributed by atoms with Gasteiger partial charge in [0.15, 0.2) is 0 Å². The molecule has 1 aromatic heterocycles. The molecular formula is C14H6F9NO. The Balaban J connectivity index is 2.94. The smallest absolute Gasteiger partial charge is 0.282 e. The van der Waals surface area contributed by atoms with E-state index in [9.17, 15) is 44.3 Å². The Bertz CT molecular complexity index is 811. The van der Waals surface area contributed by atoms with Gasteiger partial charge in [0.2, 0.25) is 0 Å². The lowest BCUT2D eigenvalue weighted by Gasteiger charge is -2.20. The van der Waals surface area contributed by atoms with Gasteiger partial charge in [0, 0.05) is 12.3 Å². The van der Waals surface area contributed by atoms with E-state index in [-0.39, 0.29) is 35.0 Å². The molecule has 0 bridgehead atoms. The molecule has 2 nitrogen and oxygen atoms in total. The minimum Gasteiger partial charge on any atom is -0.282 e. The van der Waals surface area contributed by atoms with Crippen molar-refractivity contribution in [2.45, 2.75) is 18.5 Å². The van der Waals surface area contributed by atoms with Gasteiger partial charge in [-0.25, -0.2) is 0 Å². The Kier molecular flexibility index (Phi) is 4.39. The molecule has 1 aromatic carbocycles. The van der Waals surface area contributed by atoms with Crippen molar-refractivity contribution in [2.24, 2.45) is 0 Å². The van der Waals surface area contributed by atoms with E-state index in [0.717, 1.165) is 0 Å². The lowest BCUT2D eigenvalue weighted by atomic mass is 10.1. The number of benzene rings is 1. The molecule has 11 heteroatoms. The van der Waals surface area contributed by atoms with Crippen molar-refractivity contribution in [3.05, 3.63) is 63.6 Å². The van der Waals surface area contributed by atoms with Crippen molar-refractivity contribution in [3.63, 3.8) is 0 Å². The predicted molar refractivity (Wildman–Crippen MR) is 67.0 cm³/mol. The minimum atomic E-state index is -5.33. The second-order valence-corrected chi connectivity index (χ2v) is 4.82. The van der Waals surface area contributed by atoms with Crippen LogP contribution < -0.4 is 5.56 Å². The van der Waals surface area contributed by atoms with Gasteiger partial charge in [-0.2, -0.15) is 39.5 Å². The van der Waals surface area contributed by atoms with Crippen LogP contribution in [-0.2, 0) is 18.5 Å². The van der Waals surface area contributed by atoms with Gasteiger partial charge < -0.3 is 0 Å². The number of nitrogens with zero attached hydrogens (tertiary/aromatic N) is 1. The van der Waals surface area contributed by atoms with Crippen LogP contribution in [0, 0.1) is 0 Å². The van der Waals surface area contributed by atoms with E-state index in [2.05, 4.69) is 0 Å². The van der Waals surface area contributed by atoms with Crippen molar-refractivity contribution in [3.8, 4) is 5.69 Å². The first-order valence-corrected chi connectivity index (χ1v) is 6.30. The fourth-order valence-corrected chi connectivity index (χ4v) is 2.09. The third kappa shape index (κ3) is 3.80. The van der Waals surface area contributed by atoms with Gasteiger partial charge >= 0.3 is 18.5 Å². The normalized spacial score (nSPS) is 13.2. The zero-order valence-corrected chi connectivity index (χ0v) is 11.7. The summed E-state index contributed by atoms with van der Waals surface area (Å²) < 4.78 is 116. The highest BCUT2D eigenvalue weighted by atomic mass is 19.4. The maximum atomic E-state index is 13.1. The molecule has 0 unspecified atom stereocenters. The first-order chi connectivity index (χ1) is 11.2. The number of aromatic nitrogens is 1. The van der Waals surface area contributed by atoms with Gasteiger partial charge in [0.25, 0.3) is 5.56 Å². The summed E-state index contributed by atoms with van der Waals surface area (Å²) >= 11 is 0. The van der Waals surface area contributed by atoms with Crippen LogP contribution in [0.15, 0.2) is 41.3 Å². The van der Waals surface area contributed by atoms with Gasteiger partial charge in [-0.15, -0.1) is 0 Å². The van der Waals surface area contributed by atoms with Gasteiger partial charge in [-0.1, -0.05) is 6.07 Å². The Morgan fingerprint density at radius 1 is 0.680 bits per heavy atom. The van der Waals surface area contributed by atoms with E-state index in [1.807, 2.05) is 0 Å². The summed E-state index contributed by atoms with van der Waals surface area (Å²) in [5.74, 6) is 0. The fourth-order valence-electron chi connectivity index (χ4n) is 2.09. The van der Waals surface area contributed by atoms with E-state index >= 15 is 0 Å². The lowest BCUT2D eigenvalue weighted by molar-refractivity contribution is -0.142. The molecule has 0 fully saturated rings. The van der Waals surface area contributed by atoms with Crippen LogP contribution in [-0.4, -0.2) is 4.57 Å². The van der Waals surface area contributed by atoms with Crippen LogP contribution in [0.5, 0.6) is 0 Å². The largest absolute Gasteiger partial charge is 0.418 e. The Morgan fingerprint density at radius 3 is 1.56 bits per heavy atom. The molecule has 0 atom stereocenters. The van der Waals surface area contributed by atoms with Crippen molar-refractivity contribution in [1.82, 2.24) is 4.57 Å². The van der Waals surface area contributed by atoms with E-state index in [0.29, 0.717) is 6.07 Å². The quantitative estimate of drug-likeness (QED) is 0.651. The molecule has 0 saturated carbocycles. The van der Waals surface area contributed by atoms with E-state index in [4.69, 9.17) is 0 Å². The Morgan fingerprint density at radius 2 is 1.16 bits per heavy atom. The number of pyridine rings is 1. The molecule has 2 aromatic rings. The maximum Gasteiger partial charge on any atom is 0.418 e. The molecule has 1 heterocycles. The first kappa shape index (κ1) is 18.9. The first-order valence-electron chi connectivity index (χ1n) is 6.30. The van der Waals surface area contributed by atoms with Crippen molar-refractivity contribution >= 4 is 0 Å². The number of alkyl halides is 9. The molecule has 25 heavy (non-hydrogen) atoms. The number of para-hydroxylation sites is 1. The van der Waals surface area contributed by atoms with Crippen molar-refractivity contribution in [2.75, 3.05) is 0 Å². The van der Waals surface area contributed by atoms with Crippen LogP contribution in [0.25, 0.3) is 5.69 Å². The van der Waals surface area contributed by atoms with Crippen LogP contribution in [0.2, 0.25) is 0 Å². The standard InChI is InChI=1S/C14H6F9NO/c15-12(16,17)7-4-5-10(25)24(6-7)11-8(13(18,19)20)2-1-3-9(11)14(21,22)23/h1-6H. The van der Waals surface area contributed by atoms with E-state index in [1.54, 1.807) is 0 Å². The average molecular weight is 375 g/mol. The summed E-state index contributed by atoms with van der Waals surface area (Å²) in [6.07, 6.45) is -15.8. The zero-order valence-electron chi connectivity index (χ0n) is 11.7. The Hall–Kier alpha value is -2.46. The molecule has 0 aliphatic carbocycles. The van der Waals surface area contributed by atoms with Gasteiger partial charge in [-0.05, 0) is 18.2 Å². The summed E-state index contributed by atoms with van der Waals surface area (Å²) in [5, 5.41) is 0. The predicted octanol–water partition coefficient (Wildman–Crippen LogP) is 4.89. The lowest BCUT2D eigenvalue weighted by Crippen LogP contribution is -2.26. The topological polar surface area (TPSA) is 22.0 Å². The highest BCUT2D eigenvalue weighted by molar-refractivity contribution is 5.51. The highest BCUT2D eigenvalue weighted by Gasteiger charge is 2.42. The molecule has 0 amide bonds. The van der Waals surface area contributed by atoms with Gasteiger partial charge in [0.05, 0.1) is 22.4 Å². The van der Waals surface area contributed by atoms with Gasteiger partial charge in [-0.3, -0.25) is 9.36 Å². The summed E-state index contributed by atoms with van der Waals surface area (Å²) in [5.41, 5.74) is -8.53. The Labute approximate surface area is 133 Å². The molecule has 0 radical (unpaired) electrons. The molecular weight excluding hydrogens is 369 g/mol. The summed E-state index contributed by atoms with van der Waals surface area (Å²) in [4.78, 5) is 11.7. The molecule has 0 spiro atoms. The average Bonchev–Trinajstić information content (AvgIpc) is 2.44. The molecule has 136 valence electrons. The summed E-state index contributed by atoms with van der Waals surface area (Å²) in [7, 11) is 0. The second-order valence-electron chi connectivity index (χ2n) is 4.82. The van der Waals surface area contributed by atoms with Crippen molar-refractivity contribution in [1.29, 1.82) is 0 Å². The third-order valence-corrected chi connectivity index (χ3v) is 3.13. The highest BCUT2D eigenvalue weighted by Crippen LogP contribution is 2.41. The van der Waals surface area contributed by atoms with E-state index in [1.165, 1.54) is 0 Å². The SMILES string of the molecule is O=c1ccc(C(F)(F)F)cn1-c1c(C(F)(F)F)cccc1C(F)(F)F. The summed E-state index contributed by atoms with van der Waals surface area (Å²) in [6, 6.07) is 1.46. The number of hydrogen-bond donors (Lipinski definition) is 0. The molecule has 2 rings (SSSR count). The zero-order chi connectivity index (χ0) is 19.2. The fraction of sp³-hybridized carbons (Fsp3) is 0.214. The maximum absolute atomic E-state index is 13.1. The monoisotopic (exact) mass is 375 g/mol. The van der Waals surface area contributed by atoms with E-state index < -0.39 is 46.5 Å². The molecule has 0 N–H and O–H groups in total. The van der Waals surface area contributed by atoms with Crippen LogP contribution in [0.1, 0.15) is 16.7 Å². The van der Waals surface area contributed by atoms with Crippen LogP contribution in [0.4, 0.5) is 39.5 Å². The number of hydrogen-bond acceptors (Lipinski definition) is 1. The molecule has 0 saturated heterocycles. The molecule has 0 aliphatic rings. The number of rotatable bonds is 1. The van der Waals surface area contributed by atoms with Crippen molar-refractivity contribution < 1.29 is 39.5 Å². The molecule has 0 aliphatic heterocycles. The van der Waals surface area contributed by atoms with Gasteiger partial charge in [0.1, 0.15) is 0 Å². The third-order valence-electron chi connectivity index (χ3n) is 3.13. The summed E-state index contributed by atoms with van der Waals surface area (Å²) in [6.45, 7) is 0. The second kappa shape index (κ2) is 5.81. The number of halogens is 9. The van der Waals surface area contributed by atoms with Crippen LogP contribution >= 0.6 is 0 Å².